The number of nitrogens with one attached hydrogen (secondary N) is 1. The fourth-order valence-corrected chi connectivity index (χ4v) is 1.80. The normalized spacial score (nSPS) is 16.2. The molecule has 2 nitrogen and oxygen atoms in total. The molecule has 1 saturated carbocycles. The van der Waals surface area contributed by atoms with Gasteiger partial charge in [-0.3, -0.25) is 0 Å². The van der Waals surface area contributed by atoms with E-state index in [4.69, 9.17) is 11.2 Å². The average Bonchev–Trinajstić information content (AvgIpc) is 3.06. The molecule has 0 bridgehead atoms. The van der Waals surface area contributed by atoms with Gasteiger partial charge in [0.15, 0.2) is 0 Å². The summed E-state index contributed by atoms with van der Waals surface area (Å²) in [5.41, 5.74) is 1.71. The number of hydrogen-bond donors (Lipinski definition) is 1. The first kappa shape index (κ1) is 12.0. The molecule has 0 aromatic heterocycles. The fraction of sp³-hybridized carbons (Fsp3) is 0.467. The molecule has 0 saturated heterocycles. The molecular formula is C15H19NO. The Labute approximate surface area is 103 Å². The molecule has 1 aromatic carbocycles. The van der Waals surface area contributed by atoms with E-state index >= 15 is 0 Å². The Balaban J connectivity index is 1.88. The first-order chi connectivity index (χ1) is 8.23. The summed E-state index contributed by atoms with van der Waals surface area (Å²) >= 11 is 0. The van der Waals surface area contributed by atoms with Crippen molar-refractivity contribution in [2.24, 2.45) is 5.41 Å². The number of hydrogen-bond acceptors (Lipinski definition) is 2. The summed E-state index contributed by atoms with van der Waals surface area (Å²) in [5, 5.41) is 3.49. The van der Waals surface area contributed by atoms with E-state index in [0.29, 0.717) is 12.0 Å². The number of para-hydroxylation sites is 1. The Morgan fingerprint density at radius 3 is 2.88 bits per heavy atom. The molecule has 1 aliphatic carbocycles. The van der Waals surface area contributed by atoms with Gasteiger partial charge in [0.25, 0.3) is 0 Å². The van der Waals surface area contributed by atoms with Gasteiger partial charge in [-0.25, -0.2) is 0 Å². The molecule has 1 N–H and O–H groups in total. The van der Waals surface area contributed by atoms with Gasteiger partial charge in [0, 0.05) is 18.7 Å². The quantitative estimate of drug-likeness (QED) is 0.757. The lowest BCUT2D eigenvalue weighted by molar-refractivity contribution is 0.363. The van der Waals surface area contributed by atoms with Crippen molar-refractivity contribution in [2.45, 2.75) is 26.3 Å². The molecule has 1 aliphatic rings. The highest BCUT2D eigenvalue weighted by atomic mass is 16.5. The minimum absolute atomic E-state index is 0.328. The van der Waals surface area contributed by atoms with E-state index < -0.39 is 0 Å². The van der Waals surface area contributed by atoms with Gasteiger partial charge in [0.1, 0.15) is 12.4 Å². The minimum Gasteiger partial charge on any atom is -0.481 e. The van der Waals surface area contributed by atoms with Gasteiger partial charge in [-0.1, -0.05) is 31.0 Å². The maximum atomic E-state index is 5.51. The number of rotatable bonds is 6. The van der Waals surface area contributed by atoms with Gasteiger partial charge >= 0.3 is 0 Å². The Hall–Kier alpha value is -1.46. The van der Waals surface area contributed by atoms with Gasteiger partial charge in [-0.05, 0) is 24.3 Å². The summed E-state index contributed by atoms with van der Waals surface area (Å²) in [7, 11) is 0. The zero-order valence-corrected chi connectivity index (χ0v) is 10.3. The molecule has 0 spiro atoms. The van der Waals surface area contributed by atoms with Gasteiger partial charge < -0.3 is 10.1 Å². The SMILES string of the molecule is C#CCOc1ccccc1CNCC1(C)CC1. The Morgan fingerprint density at radius 1 is 1.41 bits per heavy atom. The Bertz CT molecular complexity index is 415. The smallest absolute Gasteiger partial charge is 0.148 e. The zero-order valence-electron chi connectivity index (χ0n) is 10.3. The lowest BCUT2D eigenvalue weighted by Crippen LogP contribution is -2.21. The molecule has 90 valence electrons. The fourth-order valence-electron chi connectivity index (χ4n) is 1.80. The van der Waals surface area contributed by atoms with E-state index in [1.54, 1.807) is 0 Å². The first-order valence-corrected chi connectivity index (χ1v) is 6.08. The van der Waals surface area contributed by atoms with Gasteiger partial charge in [0.2, 0.25) is 0 Å². The van der Waals surface area contributed by atoms with E-state index in [9.17, 15) is 0 Å². The van der Waals surface area contributed by atoms with Crippen molar-refractivity contribution < 1.29 is 4.74 Å². The third kappa shape index (κ3) is 3.51. The molecular weight excluding hydrogens is 210 g/mol. The Morgan fingerprint density at radius 2 is 2.18 bits per heavy atom. The summed E-state index contributed by atoms with van der Waals surface area (Å²) in [6.07, 6.45) is 7.89. The molecule has 0 atom stereocenters. The molecule has 2 heteroatoms. The van der Waals surface area contributed by atoms with E-state index in [2.05, 4.69) is 24.2 Å². The standard InChI is InChI=1S/C15H19NO/c1-3-10-17-14-7-5-4-6-13(14)11-16-12-15(2)8-9-15/h1,4-7,16H,8-12H2,2H3. The van der Waals surface area contributed by atoms with E-state index in [0.717, 1.165) is 18.8 Å². The van der Waals surface area contributed by atoms with Crippen molar-refractivity contribution in [3.63, 3.8) is 0 Å². The van der Waals surface area contributed by atoms with E-state index in [-0.39, 0.29) is 0 Å². The lowest BCUT2D eigenvalue weighted by atomic mass is 10.1. The minimum atomic E-state index is 0.328. The first-order valence-electron chi connectivity index (χ1n) is 6.08. The van der Waals surface area contributed by atoms with Crippen LogP contribution >= 0.6 is 0 Å². The van der Waals surface area contributed by atoms with Crippen molar-refractivity contribution in [1.82, 2.24) is 5.32 Å². The molecule has 17 heavy (non-hydrogen) atoms. The average molecular weight is 229 g/mol. The van der Waals surface area contributed by atoms with Crippen LogP contribution in [0.1, 0.15) is 25.3 Å². The van der Waals surface area contributed by atoms with Crippen LogP contribution in [0.2, 0.25) is 0 Å². The predicted molar refractivity (Wildman–Crippen MR) is 69.8 cm³/mol. The second-order valence-corrected chi connectivity index (χ2v) is 5.01. The molecule has 1 aromatic rings. The third-order valence-electron chi connectivity index (χ3n) is 3.25. The van der Waals surface area contributed by atoms with Crippen molar-refractivity contribution in [3.05, 3.63) is 29.8 Å². The van der Waals surface area contributed by atoms with Crippen LogP contribution in [-0.2, 0) is 6.54 Å². The van der Waals surface area contributed by atoms with Gasteiger partial charge in [-0.2, -0.15) is 0 Å². The van der Waals surface area contributed by atoms with E-state index in [1.165, 1.54) is 18.4 Å². The van der Waals surface area contributed by atoms with Crippen molar-refractivity contribution in [2.75, 3.05) is 13.2 Å². The summed E-state index contributed by atoms with van der Waals surface area (Å²) < 4.78 is 5.51. The number of ether oxygens (including phenoxy) is 1. The molecule has 0 radical (unpaired) electrons. The summed E-state index contributed by atoms with van der Waals surface area (Å²) in [4.78, 5) is 0. The molecule has 0 heterocycles. The maximum absolute atomic E-state index is 5.51. The van der Waals surface area contributed by atoms with Crippen LogP contribution < -0.4 is 10.1 Å². The van der Waals surface area contributed by atoms with Crippen LogP contribution in [0.5, 0.6) is 5.75 Å². The second kappa shape index (κ2) is 5.25. The van der Waals surface area contributed by atoms with Crippen LogP contribution in [0.15, 0.2) is 24.3 Å². The van der Waals surface area contributed by atoms with Gasteiger partial charge in [-0.15, -0.1) is 6.42 Å². The second-order valence-electron chi connectivity index (χ2n) is 5.01. The van der Waals surface area contributed by atoms with Crippen LogP contribution in [0.4, 0.5) is 0 Å². The number of benzene rings is 1. The van der Waals surface area contributed by atoms with Crippen LogP contribution in [0.3, 0.4) is 0 Å². The molecule has 0 amide bonds. The highest BCUT2D eigenvalue weighted by Gasteiger charge is 2.36. The van der Waals surface area contributed by atoms with Crippen LogP contribution in [-0.4, -0.2) is 13.2 Å². The summed E-state index contributed by atoms with van der Waals surface area (Å²) in [6.45, 7) is 4.57. The monoisotopic (exact) mass is 229 g/mol. The summed E-state index contributed by atoms with van der Waals surface area (Å²) in [5.74, 6) is 3.38. The highest BCUT2D eigenvalue weighted by Crippen LogP contribution is 2.44. The molecule has 0 aliphatic heterocycles. The highest BCUT2D eigenvalue weighted by molar-refractivity contribution is 5.33. The van der Waals surface area contributed by atoms with Crippen LogP contribution in [0, 0.1) is 17.8 Å². The maximum Gasteiger partial charge on any atom is 0.148 e. The topological polar surface area (TPSA) is 21.3 Å². The van der Waals surface area contributed by atoms with Crippen molar-refractivity contribution in [3.8, 4) is 18.1 Å². The van der Waals surface area contributed by atoms with Gasteiger partial charge in [0.05, 0.1) is 0 Å². The third-order valence-corrected chi connectivity index (χ3v) is 3.25. The van der Waals surface area contributed by atoms with Crippen molar-refractivity contribution >= 4 is 0 Å². The molecule has 2 rings (SSSR count). The largest absolute Gasteiger partial charge is 0.481 e. The Kier molecular flexibility index (Phi) is 3.71. The van der Waals surface area contributed by atoms with E-state index in [1.807, 2.05) is 18.2 Å². The molecule has 0 unspecified atom stereocenters. The predicted octanol–water partition coefficient (Wildman–Crippen LogP) is 2.59. The number of terminal acetylenes is 1. The summed E-state index contributed by atoms with van der Waals surface area (Å²) in [6, 6.07) is 8.04. The lowest BCUT2D eigenvalue weighted by Gasteiger charge is -2.13. The van der Waals surface area contributed by atoms with Crippen molar-refractivity contribution in [1.29, 1.82) is 0 Å². The van der Waals surface area contributed by atoms with Crippen LogP contribution in [0.25, 0.3) is 0 Å². The molecule has 1 fully saturated rings. The zero-order chi connectivity index (χ0) is 12.1.